The molecular weight excluding hydrogens is 495 g/mol. The molecule has 0 radical (unpaired) electrons. The smallest absolute Gasteiger partial charge is 0.272 e. The molecule has 5 rings (SSSR count). The molecule has 7 nitrogen and oxygen atoms in total. The van der Waals surface area contributed by atoms with Gasteiger partial charge in [-0.15, -0.1) is 0 Å². The lowest BCUT2D eigenvalue weighted by atomic mass is 10.0. The number of hydrogen-bond donors (Lipinski definition) is 1. The molecule has 4 aromatic rings. The van der Waals surface area contributed by atoms with Gasteiger partial charge >= 0.3 is 0 Å². The summed E-state index contributed by atoms with van der Waals surface area (Å²) in [5, 5.41) is 7.95. The highest BCUT2D eigenvalue weighted by molar-refractivity contribution is 5.95. The third-order valence-electron chi connectivity index (χ3n) is 7.39. The Kier molecular flexibility index (Phi) is 7.81. The number of aromatic amines is 1. The summed E-state index contributed by atoms with van der Waals surface area (Å²) in [5.41, 5.74) is 3.49. The summed E-state index contributed by atoms with van der Waals surface area (Å²) in [6, 6.07) is 20.0. The van der Waals surface area contributed by atoms with Gasteiger partial charge in [0.1, 0.15) is 5.82 Å². The van der Waals surface area contributed by atoms with E-state index in [1.807, 2.05) is 12.1 Å². The standard InChI is InChI=1S/C31H31FN4O3/c1-2-21-7-9-22(10-8-21)12-14-29(37)35-15-17-36(18-16-35)31(39)26-19-23(11-13-27(26)32)20-28-24-5-3-4-6-25(24)30(38)34-33-28/h3-11,13,19H,2,12,14-18,20H2,1H3,(H,34,38). The Morgan fingerprint density at radius 3 is 2.23 bits per heavy atom. The molecule has 0 saturated carbocycles. The Hall–Kier alpha value is -4.33. The van der Waals surface area contributed by atoms with Crippen LogP contribution in [0.4, 0.5) is 4.39 Å². The highest BCUT2D eigenvalue weighted by Gasteiger charge is 2.26. The van der Waals surface area contributed by atoms with Gasteiger partial charge in [-0.25, -0.2) is 9.49 Å². The van der Waals surface area contributed by atoms with Crippen molar-refractivity contribution in [2.45, 2.75) is 32.6 Å². The minimum Gasteiger partial charge on any atom is -0.339 e. The molecule has 2 heterocycles. The fourth-order valence-electron chi connectivity index (χ4n) is 5.03. The number of nitrogens with zero attached hydrogens (tertiary/aromatic N) is 3. The van der Waals surface area contributed by atoms with Crippen molar-refractivity contribution in [1.82, 2.24) is 20.0 Å². The summed E-state index contributed by atoms with van der Waals surface area (Å²) in [4.78, 5) is 41.5. The predicted molar refractivity (Wildman–Crippen MR) is 148 cm³/mol. The molecule has 0 bridgehead atoms. The van der Waals surface area contributed by atoms with Crippen LogP contribution in [0.1, 0.15) is 46.1 Å². The van der Waals surface area contributed by atoms with Crippen LogP contribution in [0.5, 0.6) is 0 Å². The van der Waals surface area contributed by atoms with Gasteiger partial charge in [-0.05, 0) is 47.7 Å². The molecule has 1 fully saturated rings. The summed E-state index contributed by atoms with van der Waals surface area (Å²) < 4.78 is 14.8. The van der Waals surface area contributed by atoms with Crippen molar-refractivity contribution >= 4 is 22.6 Å². The molecular formula is C31H31FN4O3. The SMILES string of the molecule is CCc1ccc(CCC(=O)N2CCN(C(=O)c3cc(Cc4n[nH]c(=O)c5ccccc45)ccc3F)CC2)cc1. The molecule has 0 spiro atoms. The number of aromatic nitrogens is 2. The van der Waals surface area contributed by atoms with Gasteiger partial charge in [-0.2, -0.15) is 5.10 Å². The third-order valence-corrected chi connectivity index (χ3v) is 7.39. The van der Waals surface area contributed by atoms with E-state index in [1.165, 1.54) is 11.6 Å². The molecule has 8 heteroatoms. The van der Waals surface area contributed by atoms with Crippen LogP contribution in [0.2, 0.25) is 0 Å². The zero-order chi connectivity index (χ0) is 27.4. The molecule has 1 aromatic heterocycles. The first-order valence-corrected chi connectivity index (χ1v) is 13.3. The third kappa shape index (κ3) is 5.90. The molecule has 0 aliphatic carbocycles. The highest BCUT2D eigenvalue weighted by Crippen LogP contribution is 2.20. The second-order valence-corrected chi connectivity index (χ2v) is 9.88. The molecule has 1 saturated heterocycles. The van der Waals surface area contributed by atoms with Crippen molar-refractivity contribution in [3.63, 3.8) is 0 Å². The topological polar surface area (TPSA) is 86.4 Å². The van der Waals surface area contributed by atoms with Crippen LogP contribution in [0.25, 0.3) is 10.8 Å². The quantitative estimate of drug-likeness (QED) is 0.392. The first kappa shape index (κ1) is 26.3. The Balaban J connectivity index is 1.21. The maximum absolute atomic E-state index is 14.8. The van der Waals surface area contributed by atoms with Gasteiger partial charge in [0.2, 0.25) is 5.91 Å². The largest absolute Gasteiger partial charge is 0.339 e. The van der Waals surface area contributed by atoms with Crippen LogP contribution < -0.4 is 5.56 Å². The Morgan fingerprint density at radius 2 is 1.51 bits per heavy atom. The number of rotatable bonds is 7. The van der Waals surface area contributed by atoms with E-state index in [1.54, 1.807) is 34.1 Å². The Bertz CT molecular complexity index is 1560. The first-order chi connectivity index (χ1) is 18.9. The fraction of sp³-hybridized carbons (Fsp3) is 0.290. The number of benzene rings is 3. The lowest BCUT2D eigenvalue weighted by Gasteiger charge is -2.35. The van der Waals surface area contributed by atoms with Crippen LogP contribution in [-0.4, -0.2) is 58.0 Å². The van der Waals surface area contributed by atoms with Crippen molar-refractivity contribution in [3.8, 4) is 0 Å². The van der Waals surface area contributed by atoms with Crippen LogP contribution in [0.15, 0.2) is 71.5 Å². The van der Waals surface area contributed by atoms with Crippen LogP contribution in [-0.2, 0) is 24.1 Å². The van der Waals surface area contributed by atoms with Gasteiger partial charge in [0.15, 0.2) is 0 Å². The Labute approximate surface area is 226 Å². The minimum absolute atomic E-state index is 0.00321. The lowest BCUT2D eigenvalue weighted by Crippen LogP contribution is -2.50. The average Bonchev–Trinajstić information content (AvgIpc) is 2.98. The van der Waals surface area contributed by atoms with E-state index in [0.29, 0.717) is 62.1 Å². The number of hydrogen-bond acceptors (Lipinski definition) is 4. The average molecular weight is 527 g/mol. The summed E-state index contributed by atoms with van der Waals surface area (Å²) in [6.45, 7) is 3.67. The number of nitrogens with one attached hydrogen (secondary N) is 1. The minimum atomic E-state index is -0.587. The normalized spacial score (nSPS) is 13.6. The van der Waals surface area contributed by atoms with Gasteiger partial charge in [0.05, 0.1) is 16.6 Å². The molecule has 1 N–H and O–H groups in total. The molecule has 200 valence electrons. The van der Waals surface area contributed by atoms with Crippen LogP contribution in [0, 0.1) is 5.82 Å². The van der Waals surface area contributed by atoms with E-state index < -0.39 is 11.7 Å². The van der Waals surface area contributed by atoms with Gasteiger partial charge in [0.25, 0.3) is 11.5 Å². The number of fused-ring (bicyclic) bond motifs is 1. The van der Waals surface area contributed by atoms with Crippen molar-refractivity contribution < 1.29 is 14.0 Å². The molecule has 1 aliphatic rings. The highest BCUT2D eigenvalue weighted by atomic mass is 19.1. The molecule has 2 amide bonds. The summed E-state index contributed by atoms with van der Waals surface area (Å²) in [7, 11) is 0. The first-order valence-electron chi connectivity index (χ1n) is 13.3. The predicted octanol–water partition coefficient (Wildman–Crippen LogP) is 4.13. The molecule has 3 aromatic carbocycles. The number of halogens is 1. The number of piperazine rings is 1. The van der Waals surface area contributed by atoms with Crippen molar-refractivity contribution in [3.05, 3.63) is 111 Å². The monoisotopic (exact) mass is 526 g/mol. The second-order valence-electron chi connectivity index (χ2n) is 9.88. The summed E-state index contributed by atoms with van der Waals surface area (Å²) in [5.74, 6) is -0.914. The zero-order valence-electron chi connectivity index (χ0n) is 22.0. The van der Waals surface area contributed by atoms with Crippen LogP contribution in [0.3, 0.4) is 0 Å². The van der Waals surface area contributed by atoms with Crippen molar-refractivity contribution in [2.75, 3.05) is 26.2 Å². The Morgan fingerprint density at radius 1 is 0.872 bits per heavy atom. The number of carbonyl (C=O) groups excluding carboxylic acids is 2. The van der Waals surface area contributed by atoms with Crippen molar-refractivity contribution in [1.29, 1.82) is 0 Å². The summed E-state index contributed by atoms with van der Waals surface area (Å²) in [6.07, 6.45) is 2.42. The van der Waals surface area contributed by atoms with Crippen LogP contribution >= 0.6 is 0 Å². The maximum Gasteiger partial charge on any atom is 0.272 e. The summed E-state index contributed by atoms with van der Waals surface area (Å²) >= 11 is 0. The number of aryl methyl sites for hydroxylation is 2. The van der Waals surface area contributed by atoms with Crippen molar-refractivity contribution in [2.24, 2.45) is 0 Å². The zero-order valence-corrected chi connectivity index (χ0v) is 22.0. The molecule has 1 aliphatic heterocycles. The van der Waals surface area contributed by atoms with Gasteiger partial charge in [-0.3, -0.25) is 14.4 Å². The number of carbonyl (C=O) groups is 2. The number of H-pyrrole nitrogens is 1. The lowest BCUT2D eigenvalue weighted by molar-refractivity contribution is -0.132. The van der Waals surface area contributed by atoms with E-state index in [-0.39, 0.29) is 17.0 Å². The maximum atomic E-state index is 14.8. The second kappa shape index (κ2) is 11.6. The van der Waals surface area contributed by atoms with E-state index >= 15 is 0 Å². The van der Waals surface area contributed by atoms with E-state index in [9.17, 15) is 18.8 Å². The molecule has 0 unspecified atom stereocenters. The van der Waals surface area contributed by atoms with Gasteiger partial charge in [-0.1, -0.05) is 55.5 Å². The van der Waals surface area contributed by atoms with E-state index in [2.05, 4.69) is 41.4 Å². The van der Waals surface area contributed by atoms with E-state index in [0.717, 1.165) is 17.4 Å². The van der Waals surface area contributed by atoms with Gasteiger partial charge < -0.3 is 9.80 Å². The fourth-order valence-corrected chi connectivity index (χ4v) is 5.03. The van der Waals surface area contributed by atoms with E-state index in [4.69, 9.17) is 0 Å². The van der Waals surface area contributed by atoms with Gasteiger partial charge in [0, 0.05) is 44.4 Å². The molecule has 39 heavy (non-hydrogen) atoms. The number of amides is 2. The molecule has 0 atom stereocenters.